The van der Waals surface area contributed by atoms with Crippen molar-refractivity contribution in [2.24, 2.45) is 5.41 Å². The zero-order valence-corrected chi connectivity index (χ0v) is 13.0. The van der Waals surface area contributed by atoms with E-state index in [0.717, 1.165) is 12.8 Å². The topological polar surface area (TPSA) is 49.3 Å². The van der Waals surface area contributed by atoms with E-state index in [0.29, 0.717) is 10.0 Å². The van der Waals surface area contributed by atoms with Gasteiger partial charge in [-0.2, -0.15) is 0 Å². The van der Waals surface area contributed by atoms with Crippen molar-refractivity contribution in [3.8, 4) is 5.75 Å². The van der Waals surface area contributed by atoms with Gasteiger partial charge in [0.2, 0.25) is 0 Å². The molecule has 1 aromatic carbocycles. The Morgan fingerprint density at radius 3 is 2.79 bits per heavy atom. The average molecular weight is 326 g/mol. The van der Waals surface area contributed by atoms with E-state index < -0.39 is 0 Å². The summed E-state index contributed by atoms with van der Waals surface area (Å²) in [5.74, 6) is -0.0154. The van der Waals surface area contributed by atoms with Crippen LogP contribution in [0.25, 0.3) is 0 Å². The van der Waals surface area contributed by atoms with E-state index in [9.17, 15) is 9.90 Å². The van der Waals surface area contributed by atoms with Gasteiger partial charge in [0, 0.05) is 11.6 Å². The number of phenols is 1. The fraction of sp³-hybridized carbons (Fsp3) is 0.533. The molecule has 2 rings (SSSR count). The predicted octanol–water partition coefficient (Wildman–Crippen LogP) is 3.85. The molecule has 1 atom stereocenters. The molecule has 0 bridgehead atoms. The molecule has 1 fully saturated rings. The number of benzene rings is 1. The molecule has 2 N–H and O–H groups in total. The number of halogens is 1. The van der Waals surface area contributed by atoms with Gasteiger partial charge in [0.05, 0.1) is 4.47 Å². The predicted molar refractivity (Wildman–Crippen MR) is 79.3 cm³/mol. The molecule has 104 valence electrons. The van der Waals surface area contributed by atoms with E-state index in [4.69, 9.17) is 0 Å². The molecule has 0 saturated heterocycles. The van der Waals surface area contributed by atoms with Gasteiger partial charge in [-0.25, -0.2) is 0 Å². The Morgan fingerprint density at radius 1 is 1.42 bits per heavy atom. The molecule has 0 aliphatic heterocycles. The van der Waals surface area contributed by atoms with Gasteiger partial charge < -0.3 is 10.4 Å². The minimum atomic E-state index is -0.109. The second kappa shape index (κ2) is 5.53. The summed E-state index contributed by atoms with van der Waals surface area (Å²) >= 11 is 3.21. The quantitative estimate of drug-likeness (QED) is 0.867. The molecule has 1 aromatic rings. The number of nitrogens with one attached hydrogen (secondary N) is 1. The summed E-state index contributed by atoms with van der Waals surface area (Å²) in [4.78, 5) is 12.2. The van der Waals surface area contributed by atoms with Gasteiger partial charge in [0.15, 0.2) is 0 Å². The van der Waals surface area contributed by atoms with Crippen LogP contribution < -0.4 is 5.32 Å². The average Bonchev–Trinajstić information content (AvgIpc) is 2.35. The highest BCUT2D eigenvalue weighted by Gasteiger charge is 2.33. The van der Waals surface area contributed by atoms with Gasteiger partial charge in [-0.05, 0) is 52.4 Å². The standard InChI is InChI=1S/C15H20BrNO2/c1-15(2)8-4-3-5-13(15)17-14(19)10-6-7-11(16)12(18)9-10/h6-7,9,13,18H,3-5,8H2,1-2H3,(H,17,19). The minimum absolute atomic E-state index is 0.0931. The summed E-state index contributed by atoms with van der Waals surface area (Å²) in [7, 11) is 0. The van der Waals surface area contributed by atoms with Gasteiger partial charge in [0.25, 0.3) is 5.91 Å². The Labute approximate surface area is 122 Å². The molecule has 1 aliphatic rings. The van der Waals surface area contributed by atoms with Crippen LogP contribution in [-0.2, 0) is 0 Å². The molecule has 1 saturated carbocycles. The third kappa shape index (κ3) is 3.30. The zero-order chi connectivity index (χ0) is 14.0. The van der Waals surface area contributed by atoms with Crippen molar-refractivity contribution in [3.05, 3.63) is 28.2 Å². The first-order chi connectivity index (χ1) is 8.90. The Bertz CT molecular complexity index is 485. The number of carbonyl (C=O) groups excluding carboxylic acids is 1. The Hall–Kier alpha value is -1.03. The highest BCUT2D eigenvalue weighted by atomic mass is 79.9. The fourth-order valence-electron chi connectivity index (χ4n) is 2.66. The first-order valence-electron chi connectivity index (χ1n) is 6.69. The monoisotopic (exact) mass is 325 g/mol. The van der Waals surface area contributed by atoms with E-state index in [1.165, 1.54) is 18.9 Å². The molecule has 4 heteroatoms. The molecule has 0 radical (unpaired) electrons. The van der Waals surface area contributed by atoms with Crippen molar-refractivity contribution in [1.29, 1.82) is 0 Å². The summed E-state index contributed by atoms with van der Waals surface area (Å²) in [6.45, 7) is 4.41. The summed E-state index contributed by atoms with van der Waals surface area (Å²) in [5.41, 5.74) is 0.646. The number of hydrogen-bond acceptors (Lipinski definition) is 2. The number of rotatable bonds is 2. The lowest BCUT2D eigenvalue weighted by molar-refractivity contribution is 0.0853. The first-order valence-corrected chi connectivity index (χ1v) is 7.49. The van der Waals surface area contributed by atoms with Crippen LogP contribution in [0.5, 0.6) is 5.75 Å². The maximum absolute atomic E-state index is 12.2. The molecular formula is C15H20BrNO2. The number of hydrogen-bond donors (Lipinski definition) is 2. The third-order valence-electron chi connectivity index (χ3n) is 4.02. The van der Waals surface area contributed by atoms with Gasteiger partial charge in [-0.3, -0.25) is 4.79 Å². The van der Waals surface area contributed by atoms with Gasteiger partial charge in [0.1, 0.15) is 5.75 Å². The zero-order valence-electron chi connectivity index (χ0n) is 11.4. The Kier molecular flexibility index (Phi) is 4.19. The third-order valence-corrected chi connectivity index (χ3v) is 4.69. The summed E-state index contributed by atoms with van der Waals surface area (Å²) < 4.78 is 0.599. The molecule has 1 unspecified atom stereocenters. The lowest BCUT2D eigenvalue weighted by atomic mass is 9.73. The van der Waals surface area contributed by atoms with Crippen molar-refractivity contribution in [2.75, 3.05) is 0 Å². The van der Waals surface area contributed by atoms with Gasteiger partial charge in [-0.15, -0.1) is 0 Å². The van der Waals surface area contributed by atoms with E-state index in [2.05, 4.69) is 35.1 Å². The van der Waals surface area contributed by atoms with Crippen molar-refractivity contribution in [2.45, 2.75) is 45.6 Å². The van der Waals surface area contributed by atoms with Gasteiger partial charge >= 0.3 is 0 Å². The SMILES string of the molecule is CC1(C)CCCCC1NC(=O)c1ccc(Br)c(O)c1. The molecule has 19 heavy (non-hydrogen) atoms. The van der Waals surface area contributed by atoms with E-state index in [-0.39, 0.29) is 23.1 Å². The lowest BCUT2D eigenvalue weighted by Gasteiger charge is -2.39. The Balaban J connectivity index is 2.10. The van der Waals surface area contributed by atoms with Crippen molar-refractivity contribution in [3.63, 3.8) is 0 Å². The second-order valence-corrected chi connectivity index (χ2v) is 6.78. The largest absolute Gasteiger partial charge is 0.507 e. The maximum Gasteiger partial charge on any atom is 0.251 e. The van der Waals surface area contributed by atoms with Crippen LogP contribution in [0.1, 0.15) is 49.9 Å². The van der Waals surface area contributed by atoms with E-state index in [1.54, 1.807) is 12.1 Å². The molecule has 0 spiro atoms. The molecule has 0 heterocycles. The lowest BCUT2D eigenvalue weighted by Crippen LogP contribution is -2.46. The molecule has 0 aromatic heterocycles. The van der Waals surface area contributed by atoms with Crippen LogP contribution in [0.3, 0.4) is 0 Å². The molecule has 1 amide bonds. The van der Waals surface area contributed by atoms with Crippen LogP contribution in [-0.4, -0.2) is 17.1 Å². The molecule has 1 aliphatic carbocycles. The number of aromatic hydroxyl groups is 1. The smallest absolute Gasteiger partial charge is 0.251 e. The summed E-state index contributed by atoms with van der Waals surface area (Å²) in [6, 6.07) is 5.11. The number of carbonyl (C=O) groups is 1. The van der Waals surface area contributed by atoms with Crippen LogP contribution in [0.2, 0.25) is 0 Å². The van der Waals surface area contributed by atoms with Crippen LogP contribution >= 0.6 is 15.9 Å². The van der Waals surface area contributed by atoms with Crippen molar-refractivity contribution < 1.29 is 9.90 Å². The Morgan fingerprint density at radius 2 is 2.16 bits per heavy atom. The van der Waals surface area contributed by atoms with Crippen LogP contribution in [0, 0.1) is 5.41 Å². The second-order valence-electron chi connectivity index (χ2n) is 5.93. The van der Waals surface area contributed by atoms with Crippen molar-refractivity contribution >= 4 is 21.8 Å². The highest BCUT2D eigenvalue weighted by Crippen LogP contribution is 2.35. The summed E-state index contributed by atoms with van der Waals surface area (Å²) in [5, 5.41) is 12.7. The molecular weight excluding hydrogens is 306 g/mol. The number of amides is 1. The molecule has 3 nitrogen and oxygen atoms in total. The van der Waals surface area contributed by atoms with Crippen LogP contribution in [0.15, 0.2) is 22.7 Å². The normalized spacial score (nSPS) is 21.9. The van der Waals surface area contributed by atoms with E-state index in [1.807, 2.05) is 0 Å². The fourth-order valence-corrected chi connectivity index (χ4v) is 2.90. The minimum Gasteiger partial charge on any atom is -0.507 e. The van der Waals surface area contributed by atoms with Gasteiger partial charge in [-0.1, -0.05) is 26.7 Å². The van der Waals surface area contributed by atoms with Crippen LogP contribution in [0.4, 0.5) is 0 Å². The maximum atomic E-state index is 12.2. The van der Waals surface area contributed by atoms with Crippen molar-refractivity contribution in [1.82, 2.24) is 5.32 Å². The number of phenolic OH excluding ortho intramolecular Hbond substituents is 1. The highest BCUT2D eigenvalue weighted by molar-refractivity contribution is 9.10. The van der Waals surface area contributed by atoms with E-state index >= 15 is 0 Å². The first kappa shape index (κ1) is 14.4. The summed E-state index contributed by atoms with van der Waals surface area (Å²) in [6.07, 6.45) is 4.57.